The molecule has 0 aromatic heterocycles. The van der Waals surface area contributed by atoms with Crippen LogP contribution in [0.1, 0.15) is 18.9 Å². The molecule has 2 heteroatoms. The van der Waals surface area contributed by atoms with Gasteiger partial charge in [0, 0.05) is 5.56 Å². The highest BCUT2D eigenvalue weighted by molar-refractivity contribution is 8.23. The average Bonchev–Trinajstić information content (AvgIpc) is 2.35. The Morgan fingerprint density at radius 2 is 1.88 bits per heavy atom. The van der Waals surface area contributed by atoms with E-state index in [1.54, 1.807) is 11.8 Å². The Bertz CT molecular complexity index is 498. The third-order valence-electron chi connectivity index (χ3n) is 2.45. The maximum absolute atomic E-state index is 5.48. The summed E-state index contributed by atoms with van der Waals surface area (Å²) >= 11 is 7.25. The van der Waals surface area contributed by atoms with Crippen molar-refractivity contribution in [2.45, 2.75) is 13.3 Å². The van der Waals surface area contributed by atoms with Crippen molar-refractivity contribution in [3.8, 4) is 0 Å². The second-order valence-electron chi connectivity index (χ2n) is 3.66. The normalized spacial score (nSPS) is 10.6. The number of rotatable bonds is 3. The van der Waals surface area contributed by atoms with E-state index in [0.717, 1.165) is 16.4 Å². The molecule has 0 fully saturated rings. The van der Waals surface area contributed by atoms with Crippen LogP contribution >= 0.6 is 24.0 Å². The highest BCUT2D eigenvalue weighted by Crippen LogP contribution is 2.23. The van der Waals surface area contributed by atoms with Crippen LogP contribution < -0.4 is 0 Å². The Morgan fingerprint density at radius 3 is 2.69 bits per heavy atom. The molecule has 0 amide bonds. The van der Waals surface area contributed by atoms with Gasteiger partial charge in [0.15, 0.2) is 0 Å². The van der Waals surface area contributed by atoms with Crippen LogP contribution in [0.5, 0.6) is 0 Å². The van der Waals surface area contributed by atoms with Gasteiger partial charge < -0.3 is 0 Å². The third-order valence-corrected chi connectivity index (χ3v) is 4.11. The van der Waals surface area contributed by atoms with Crippen LogP contribution in [0, 0.1) is 0 Å². The molecule has 82 valence electrons. The van der Waals surface area contributed by atoms with Crippen molar-refractivity contribution >= 4 is 38.9 Å². The molecule has 0 unspecified atom stereocenters. The van der Waals surface area contributed by atoms with Gasteiger partial charge in [0.1, 0.15) is 0 Å². The standard InChI is InChI=1S/C14H14S2/c1-2-10-16-14(15)13-9-5-7-11-6-3-4-8-12(11)13/h3-9H,2,10H2,1H3. The summed E-state index contributed by atoms with van der Waals surface area (Å²) in [5.41, 5.74) is 1.20. The molecular formula is C14H14S2. The van der Waals surface area contributed by atoms with E-state index < -0.39 is 0 Å². The van der Waals surface area contributed by atoms with Gasteiger partial charge >= 0.3 is 0 Å². The Hall–Kier alpha value is -0.860. The number of fused-ring (bicyclic) bond motifs is 1. The number of thioether (sulfide) groups is 1. The molecular weight excluding hydrogens is 232 g/mol. The van der Waals surface area contributed by atoms with Gasteiger partial charge in [0.2, 0.25) is 0 Å². The van der Waals surface area contributed by atoms with Crippen molar-refractivity contribution < 1.29 is 0 Å². The first-order valence-corrected chi connectivity index (χ1v) is 6.87. The summed E-state index contributed by atoms with van der Waals surface area (Å²) in [5.74, 6) is 1.10. The fourth-order valence-electron chi connectivity index (χ4n) is 1.68. The zero-order chi connectivity index (χ0) is 11.4. The molecule has 0 radical (unpaired) electrons. The van der Waals surface area contributed by atoms with E-state index in [-0.39, 0.29) is 0 Å². The molecule has 2 aromatic carbocycles. The van der Waals surface area contributed by atoms with Crippen LogP contribution in [-0.2, 0) is 0 Å². The largest absolute Gasteiger partial charge is 0.114 e. The van der Waals surface area contributed by atoms with Gasteiger partial charge in [0.05, 0.1) is 4.20 Å². The van der Waals surface area contributed by atoms with E-state index >= 15 is 0 Å². The molecule has 2 aromatic rings. The summed E-state index contributed by atoms with van der Waals surface area (Å²) < 4.78 is 1.01. The fourth-order valence-corrected chi connectivity index (χ4v) is 2.83. The zero-order valence-corrected chi connectivity index (χ0v) is 10.9. The van der Waals surface area contributed by atoms with Crippen LogP contribution in [0.4, 0.5) is 0 Å². The smallest absolute Gasteiger partial charge is 0.0784 e. The third kappa shape index (κ3) is 2.45. The summed E-state index contributed by atoms with van der Waals surface area (Å²) in [6, 6.07) is 14.7. The summed E-state index contributed by atoms with van der Waals surface area (Å²) in [5, 5.41) is 2.53. The summed E-state index contributed by atoms with van der Waals surface area (Å²) in [7, 11) is 0. The molecule has 0 nitrogen and oxygen atoms in total. The molecule has 0 aliphatic heterocycles. The van der Waals surface area contributed by atoms with Crippen LogP contribution in [0.15, 0.2) is 42.5 Å². The van der Waals surface area contributed by atoms with Gasteiger partial charge in [-0.15, -0.1) is 11.8 Å². The molecule has 16 heavy (non-hydrogen) atoms. The summed E-state index contributed by atoms with van der Waals surface area (Å²) in [6.07, 6.45) is 1.16. The lowest BCUT2D eigenvalue weighted by atomic mass is 10.1. The zero-order valence-electron chi connectivity index (χ0n) is 9.27. The predicted octanol–water partition coefficient (Wildman–Crippen LogP) is 4.66. The molecule has 0 saturated carbocycles. The Balaban J connectivity index is 2.40. The molecule has 0 spiro atoms. The average molecular weight is 246 g/mol. The second-order valence-corrected chi connectivity index (χ2v) is 5.43. The van der Waals surface area contributed by atoms with E-state index in [1.165, 1.54) is 16.3 Å². The van der Waals surface area contributed by atoms with Crippen molar-refractivity contribution in [2.75, 3.05) is 5.75 Å². The van der Waals surface area contributed by atoms with Gasteiger partial charge in [-0.2, -0.15) is 0 Å². The minimum atomic E-state index is 1.01. The van der Waals surface area contributed by atoms with Crippen LogP contribution in [-0.4, -0.2) is 9.95 Å². The quantitative estimate of drug-likeness (QED) is 0.722. The first-order valence-electron chi connectivity index (χ1n) is 5.48. The number of benzene rings is 2. The molecule has 0 saturated heterocycles. The summed E-state index contributed by atoms with van der Waals surface area (Å²) in [4.78, 5) is 0. The summed E-state index contributed by atoms with van der Waals surface area (Å²) in [6.45, 7) is 2.18. The van der Waals surface area contributed by atoms with Crippen molar-refractivity contribution in [1.82, 2.24) is 0 Å². The lowest BCUT2D eigenvalue weighted by molar-refractivity contribution is 1.11. The molecule has 0 N–H and O–H groups in total. The maximum atomic E-state index is 5.48. The second kappa shape index (κ2) is 5.46. The fraction of sp³-hybridized carbons (Fsp3) is 0.214. The monoisotopic (exact) mass is 246 g/mol. The van der Waals surface area contributed by atoms with Crippen molar-refractivity contribution in [3.63, 3.8) is 0 Å². The Morgan fingerprint density at radius 1 is 1.12 bits per heavy atom. The van der Waals surface area contributed by atoms with E-state index in [2.05, 4.69) is 49.4 Å². The number of hydrogen-bond donors (Lipinski definition) is 0. The lowest BCUT2D eigenvalue weighted by Gasteiger charge is -2.07. The van der Waals surface area contributed by atoms with Crippen LogP contribution in [0.25, 0.3) is 10.8 Å². The maximum Gasteiger partial charge on any atom is 0.0784 e. The highest BCUT2D eigenvalue weighted by Gasteiger charge is 2.05. The van der Waals surface area contributed by atoms with Gasteiger partial charge in [-0.3, -0.25) is 0 Å². The van der Waals surface area contributed by atoms with E-state index in [4.69, 9.17) is 12.2 Å². The number of hydrogen-bond acceptors (Lipinski definition) is 2. The van der Waals surface area contributed by atoms with Crippen LogP contribution in [0.2, 0.25) is 0 Å². The number of thiocarbonyl (C=S) groups is 1. The molecule has 0 atom stereocenters. The van der Waals surface area contributed by atoms with Crippen LogP contribution in [0.3, 0.4) is 0 Å². The minimum Gasteiger partial charge on any atom is -0.114 e. The molecule has 0 bridgehead atoms. The highest BCUT2D eigenvalue weighted by atomic mass is 32.2. The molecule has 0 aliphatic carbocycles. The SMILES string of the molecule is CCCSC(=S)c1cccc2ccccc12. The Kier molecular flexibility index (Phi) is 3.97. The molecule has 0 heterocycles. The van der Waals surface area contributed by atoms with Crippen molar-refractivity contribution in [3.05, 3.63) is 48.0 Å². The van der Waals surface area contributed by atoms with Gasteiger partial charge in [0.25, 0.3) is 0 Å². The first kappa shape index (κ1) is 11.6. The molecule has 2 rings (SSSR count). The van der Waals surface area contributed by atoms with E-state index in [1.807, 2.05) is 0 Å². The minimum absolute atomic E-state index is 1.01. The molecule has 0 aliphatic rings. The predicted molar refractivity (Wildman–Crippen MR) is 78.4 cm³/mol. The van der Waals surface area contributed by atoms with Crippen molar-refractivity contribution in [2.24, 2.45) is 0 Å². The Labute approximate surface area is 106 Å². The first-order chi connectivity index (χ1) is 7.83. The van der Waals surface area contributed by atoms with Crippen molar-refractivity contribution in [1.29, 1.82) is 0 Å². The topological polar surface area (TPSA) is 0 Å². The van der Waals surface area contributed by atoms with Gasteiger partial charge in [-0.05, 0) is 22.9 Å². The van der Waals surface area contributed by atoms with Gasteiger partial charge in [-0.25, -0.2) is 0 Å². The van der Waals surface area contributed by atoms with Gasteiger partial charge in [-0.1, -0.05) is 61.6 Å². The van der Waals surface area contributed by atoms with E-state index in [0.29, 0.717) is 0 Å². The van der Waals surface area contributed by atoms with E-state index in [9.17, 15) is 0 Å². The lowest BCUT2D eigenvalue weighted by Crippen LogP contribution is -1.94.